The Hall–Kier alpha value is -3.56. The van der Waals surface area contributed by atoms with E-state index < -0.39 is 17.7 Å². The molecule has 2 fully saturated rings. The van der Waals surface area contributed by atoms with Gasteiger partial charge in [-0.3, -0.25) is 14.5 Å². The minimum atomic E-state index is -0.738. The zero-order chi connectivity index (χ0) is 27.2. The first-order chi connectivity index (χ1) is 19.1. The maximum Gasteiger partial charge on any atom is 0.295 e. The van der Waals surface area contributed by atoms with E-state index in [-0.39, 0.29) is 11.3 Å². The molecule has 9 heteroatoms. The van der Waals surface area contributed by atoms with E-state index in [1.54, 1.807) is 23.1 Å². The van der Waals surface area contributed by atoms with Gasteiger partial charge in [0.25, 0.3) is 11.7 Å². The lowest BCUT2D eigenvalue weighted by atomic mass is 9.95. The van der Waals surface area contributed by atoms with Gasteiger partial charge in [0.2, 0.25) is 0 Å². The predicted octanol–water partition coefficient (Wildman–Crippen LogP) is 3.78. The van der Waals surface area contributed by atoms with Crippen LogP contribution >= 0.6 is 0 Å². The number of morpholine rings is 1. The second kappa shape index (κ2) is 12.5. The van der Waals surface area contributed by atoms with Crippen LogP contribution in [0.25, 0.3) is 5.76 Å². The molecular formula is C30H36N2O7. The zero-order valence-corrected chi connectivity index (χ0v) is 22.4. The molecule has 1 atom stereocenters. The van der Waals surface area contributed by atoms with Crippen molar-refractivity contribution in [2.24, 2.45) is 0 Å². The van der Waals surface area contributed by atoms with Gasteiger partial charge >= 0.3 is 0 Å². The normalized spacial score (nSPS) is 20.8. The fraction of sp³-hybridized carbons (Fsp3) is 0.467. The number of carbonyl (C=O) groups excluding carboxylic acids is 2. The molecule has 0 bridgehead atoms. The quantitative estimate of drug-likeness (QED) is 0.212. The van der Waals surface area contributed by atoms with Crippen LogP contribution in [0, 0.1) is 0 Å². The highest BCUT2D eigenvalue weighted by atomic mass is 16.6. The monoisotopic (exact) mass is 536 g/mol. The molecule has 2 aromatic carbocycles. The summed E-state index contributed by atoms with van der Waals surface area (Å²) in [6.07, 6.45) is 2.63. The van der Waals surface area contributed by atoms with Crippen molar-refractivity contribution in [3.63, 3.8) is 0 Å². The third-order valence-corrected chi connectivity index (χ3v) is 7.27. The number of rotatable bonds is 10. The van der Waals surface area contributed by atoms with Crippen molar-refractivity contribution >= 4 is 17.4 Å². The molecule has 0 spiro atoms. The fourth-order valence-electron chi connectivity index (χ4n) is 5.20. The number of hydrogen-bond acceptors (Lipinski definition) is 8. The summed E-state index contributed by atoms with van der Waals surface area (Å²) in [5.74, 6) is 0.194. The summed E-state index contributed by atoms with van der Waals surface area (Å²) in [6.45, 7) is 7.80. The summed E-state index contributed by atoms with van der Waals surface area (Å²) in [7, 11) is 0. The Morgan fingerprint density at radius 1 is 0.974 bits per heavy atom. The van der Waals surface area contributed by atoms with E-state index in [1.165, 1.54) is 0 Å². The summed E-state index contributed by atoms with van der Waals surface area (Å²) in [5.41, 5.74) is 1.17. The zero-order valence-electron chi connectivity index (χ0n) is 22.4. The summed E-state index contributed by atoms with van der Waals surface area (Å²) < 4.78 is 22.6. The smallest absolute Gasteiger partial charge is 0.295 e. The van der Waals surface area contributed by atoms with Crippen molar-refractivity contribution in [3.05, 3.63) is 59.2 Å². The third-order valence-electron chi connectivity index (χ3n) is 7.27. The first kappa shape index (κ1) is 27.0. The van der Waals surface area contributed by atoms with Crippen molar-refractivity contribution in [2.75, 3.05) is 59.2 Å². The molecule has 0 aromatic heterocycles. The number of hydrogen-bond donors (Lipinski definition) is 1. The molecule has 9 nitrogen and oxygen atoms in total. The van der Waals surface area contributed by atoms with E-state index in [9.17, 15) is 14.7 Å². The maximum absolute atomic E-state index is 13.4. The first-order valence-corrected chi connectivity index (χ1v) is 13.8. The highest BCUT2D eigenvalue weighted by molar-refractivity contribution is 6.46. The van der Waals surface area contributed by atoms with Crippen LogP contribution < -0.4 is 14.2 Å². The Kier molecular flexibility index (Phi) is 8.68. The van der Waals surface area contributed by atoms with Crippen molar-refractivity contribution < 1.29 is 33.6 Å². The van der Waals surface area contributed by atoms with E-state index in [0.29, 0.717) is 74.4 Å². The van der Waals surface area contributed by atoms with Gasteiger partial charge in [0, 0.05) is 31.7 Å². The van der Waals surface area contributed by atoms with Crippen LogP contribution in [0.5, 0.6) is 17.2 Å². The number of nitrogens with zero attached hydrogens (tertiary/aromatic N) is 2. The first-order valence-electron chi connectivity index (χ1n) is 13.8. The number of carbonyl (C=O) groups is 2. The fourth-order valence-corrected chi connectivity index (χ4v) is 5.20. The maximum atomic E-state index is 13.4. The van der Waals surface area contributed by atoms with Crippen molar-refractivity contribution in [3.8, 4) is 17.2 Å². The number of fused-ring (bicyclic) bond motifs is 1. The molecule has 0 aliphatic carbocycles. The lowest BCUT2D eigenvalue weighted by Crippen LogP contribution is -2.38. The SMILES string of the molecule is CCCCOc1cccc([C@@H]2C(=C(O)c3ccc4c(c3)OCCO4)C(=O)C(=O)N2CCCN2CCOCC2)c1. The van der Waals surface area contributed by atoms with Crippen LogP contribution in [0.4, 0.5) is 0 Å². The minimum absolute atomic E-state index is 0.0637. The third kappa shape index (κ3) is 6.04. The van der Waals surface area contributed by atoms with Crippen LogP contribution in [-0.4, -0.2) is 85.8 Å². The van der Waals surface area contributed by atoms with Crippen molar-refractivity contribution in [1.29, 1.82) is 0 Å². The molecule has 208 valence electrons. The van der Waals surface area contributed by atoms with Gasteiger partial charge in [-0.1, -0.05) is 25.5 Å². The molecule has 3 aliphatic heterocycles. The summed E-state index contributed by atoms with van der Waals surface area (Å²) in [6, 6.07) is 11.7. The van der Waals surface area contributed by atoms with Crippen LogP contribution in [0.1, 0.15) is 43.4 Å². The molecule has 39 heavy (non-hydrogen) atoms. The average molecular weight is 537 g/mol. The Morgan fingerprint density at radius 2 is 1.77 bits per heavy atom. The molecule has 3 heterocycles. The largest absolute Gasteiger partial charge is 0.507 e. The van der Waals surface area contributed by atoms with Gasteiger partial charge in [0.1, 0.15) is 24.7 Å². The van der Waals surface area contributed by atoms with Crippen LogP contribution in [0.2, 0.25) is 0 Å². The Labute approximate surface area is 228 Å². The number of ether oxygens (including phenoxy) is 4. The molecule has 3 aliphatic rings. The molecule has 2 aromatic rings. The molecule has 5 rings (SSSR count). The number of amides is 1. The van der Waals surface area contributed by atoms with Gasteiger partial charge < -0.3 is 29.0 Å². The van der Waals surface area contributed by atoms with E-state index in [4.69, 9.17) is 18.9 Å². The number of Topliss-reactive ketones (excluding diaryl/α,β-unsaturated/α-hetero) is 1. The van der Waals surface area contributed by atoms with E-state index in [0.717, 1.165) is 32.5 Å². The molecule has 0 radical (unpaired) electrons. The van der Waals surface area contributed by atoms with Gasteiger partial charge in [-0.15, -0.1) is 0 Å². The highest BCUT2D eigenvalue weighted by Crippen LogP contribution is 2.41. The van der Waals surface area contributed by atoms with Gasteiger partial charge in [-0.2, -0.15) is 0 Å². The van der Waals surface area contributed by atoms with E-state index in [1.807, 2.05) is 24.3 Å². The summed E-state index contributed by atoms with van der Waals surface area (Å²) in [4.78, 5) is 30.7. The number of benzene rings is 2. The second-order valence-electron chi connectivity index (χ2n) is 9.93. The Bertz CT molecular complexity index is 1220. The molecule has 0 saturated carbocycles. The number of aliphatic hydroxyl groups excluding tert-OH is 1. The molecule has 0 unspecified atom stereocenters. The van der Waals surface area contributed by atoms with Gasteiger partial charge in [0.15, 0.2) is 11.5 Å². The standard InChI is InChI=1S/C30H36N2O7/c1-2-3-14-37-23-7-4-6-21(19-23)27-26(28(33)22-8-9-24-25(20-22)39-18-17-38-24)29(34)30(35)32(27)11-5-10-31-12-15-36-16-13-31/h4,6-9,19-20,27,33H,2-3,5,10-18H2,1H3/t27-/m1/s1. The average Bonchev–Trinajstić information content (AvgIpc) is 3.22. The summed E-state index contributed by atoms with van der Waals surface area (Å²) in [5, 5.41) is 11.5. The number of aliphatic hydroxyl groups is 1. The molecule has 2 saturated heterocycles. The predicted molar refractivity (Wildman–Crippen MR) is 145 cm³/mol. The van der Waals surface area contributed by atoms with Crippen LogP contribution in [0.15, 0.2) is 48.0 Å². The lowest BCUT2D eigenvalue weighted by molar-refractivity contribution is -0.140. The highest BCUT2D eigenvalue weighted by Gasteiger charge is 2.46. The van der Waals surface area contributed by atoms with Gasteiger partial charge in [0.05, 0.1) is 31.4 Å². The molecule has 1 amide bonds. The van der Waals surface area contributed by atoms with Crippen LogP contribution in [0.3, 0.4) is 0 Å². The molecular weight excluding hydrogens is 500 g/mol. The van der Waals surface area contributed by atoms with Crippen LogP contribution in [-0.2, 0) is 14.3 Å². The summed E-state index contributed by atoms with van der Waals surface area (Å²) >= 11 is 0. The second-order valence-corrected chi connectivity index (χ2v) is 9.93. The van der Waals surface area contributed by atoms with Crippen molar-refractivity contribution in [1.82, 2.24) is 9.80 Å². The van der Waals surface area contributed by atoms with Gasteiger partial charge in [-0.05, 0) is 48.7 Å². The van der Waals surface area contributed by atoms with Gasteiger partial charge in [-0.25, -0.2) is 0 Å². The van der Waals surface area contributed by atoms with E-state index in [2.05, 4.69) is 11.8 Å². The number of unbranched alkanes of at least 4 members (excludes halogenated alkanes) is 1. The topological polar surface area (TPSA) is 97.8 Å². The van der Waals surface area contributed by atoms with Crippen molar-refractivity contribution in [2.45, 2.75) is 32.2 Å². The lowest BCUT2D eigenvalue weighted by Gasteiger charge is -2.29. The number of ketones is 1. The Morgan fingerprint density at radius 3 is 2.56 bits per heavy atom. The molecule has 1 N–H and O–H groups in total. The number of likely N-dealkylation sites (tertiary alicyclic amines) is 1. The Balaban J connectivity index is 1.48. The minimum Gasteiger partial charge on any atom is -0.507 e. The van der Waals surface area contributed by atoms with E-state index >= 15 is 0 Å².